The van der Waals surface area contributed by atoms with E-state index in [1.165, 1.54) is 18.2 Å². The number of hydrazine groups is 1. The van der Waals surface area contributed by atoms with Gasteiger partial charge in [0.25, 0.3) is 0 Å². The van der Waals surface area contributed by atoms with Gasteiger partial charge < -0.3 is 5.43 Å². The van der Waals surface area contributed by atoms with Gasteiger partial charge in [0.15, 0.2) is 9.84 Å². The van der Waals surface area contributed by atoms with Crippen molar-refractivity contribution in [1.29, 1.82) is 0 Å². The zero-order valence-electron chi connectivity index (χ0n) is 7.00. The average molecular weight is 255 g/mol. The minimum Gasteiger partial charge on any atom is -0.323 e. The van der Waals surface area contributed by atoms with E-state index in [-0.39, 0.29) is 4.90 Å². The second-order valence-corrected chi connectivity index (χ2v) is 5.49. The molecule has 0 radical (unpaired) electrons. The third-order valence-corrected chi connectivity index (χ3v) is 4.05. The smallest absolute Gasteiger partial charge is 0.192 e. The van der Waals surface area contributed by atoms with Gasteiger partial charge in [-0.05, 0) is 18.2 Å². The summed E-state index contributed by atoms with van der Waals surface area (Å²) in [4.78, 5) is 0.0878. The number of hydrogen-bond acceptors (Lipinski definition) is 4. The van der Waals surface area contributed by atoms with Crippen molar-refractivity contribution in [3.05, 3.63) is 23.2 Å². The van der Waals surface area contributed by atoms with Crippen LogP contribution in [-0.2, 0) is 9.84 Å². The molecule has 78 valence electrons. The van der Waals surface area contributed by atoms with Crippen molar-refractivity contribution in [3.8, 4) is 0 Å². The lowest BCUT2D eigenvalue weighted by atomic mass is 10.3. The van der Waals surface area contributed by atoms with Gasteiger partial charge in [-0.15, -0.1) is 11.6 Å². The number of alkyl halides is 1. The van der Waals surface area contributed by atoms with Gasteiger partial charge in [-0.2, -0.15) is 0 Å². The number of benzene rings is 1. The Labute approximate surface area is 91.9 Å². The molecule has 0 aromatic heterocycles. The fourth-order valence-electron chi connectivity index (χ4n) is 0.871. The molecular weight excluding hydrogens is 247 g/mol. The first-order valence-electron chi connectivity index (χ1n) is 3.56. The molecule has 0 saturated heterocycles. The number of nitrogens with two attached hydrogens (primary N) is 1. The average Bonchev–Trinajstić information content (AvgIpc) is 2.18. The van der Waals surface area contributed by atoms with Gasteiger partial charge in [0, 0.05) is 0 Å². The second-order valence-electron chi connectivity index (χ2n) is 2.51. The molecule has 4 nitrogen and oxygen atoms in total. The van der Waals surface area contributed by atoms with Crippen LogP contribution in [-0.4, -0.2) is 13.6 Å². The van der Waals surface area contributed by atoms with E-state index in [4.69, 9.17) is 29.0 Å². The fraction of sp³-hybridized carbons (Fsp3) is 0.143. The zero-order valence-corrected chi connectivity index (χ0v) is 9.33. The molecule has 7 heteroatoms. The lowest BCUT2D eigenvalue weighted by Gasteiger charge is -2.05. The third kappa shape index (κ3) is 2.30. The first-order valence-corrected chi connectivity index (χ1v) is 6.12. The number of nitrogen functional groups attached to an aromatic ring is 1. The highest BCUT2D eigenvalue weighted by Gasteiger charge is 2.14. The summed E-state index contributed by atoms with van der Waals surface area (Å²) in [6.07, 6.45) is 0. The number of halogens is 2. The zero-order chi connectivity index (χ0) is 10.8. The Kier molecular flexibility index (Phi) is 3.60. The Morgan fingerprint density at radius 2 is 2.07 bits per heavy atom. The summed E-state index contributed by atoms with van der Waals surface area (Å²) in [5.74, 6) is 5.14. The molecule has 0 aliphatic carbocycles. The van der Waals surface area contributed by atoms with Crippen LogP contribution in [0.2, 0.25) is 5.02 Å². The Hall–Kier alpha value is -0.490. The van der Waals surface area contributed by atoms with Gasteiger partial charge in [0.1, 0.15) is 5.21 Å². The van der Waals surface area contributed by atoms with E-state index >= 15 is 0 Å². The summed E-state index contributed by atoms with van der Waals surface area (Å²) in [6, 6.07) is 4.15. The molecule has 1 aromatic carbocycles. The number of nitrogens with one attached hydrogen (secondary N) is 1. The number of rotatable bonds is 3. The number of hydrogen-bond donors (Lipinski definition) is 2. The van der Waals surface area contributed by atoms with Crippen LogP contribution in [0.15, 0.2) is 23.1 Å². The van der Waals surface area contributed by atoms with Gasteiger partial charge in [-0.25, -0.2) is 8.42 Å². The van der Waals surface area contributed by atoms with Gasteiger partial charge in [0.2, 0.25) is 0 Å². The predicted molar refractivity (Wildman–Crippen MR) is 57.2 cm³/mol. The molecule has 0 aliphatic rings. The van der Waals surface area contributed by atoms with Crippen LogP contribution in [0.1, 0.15) is 0 Å². The maximum absolute atomic E-state index is 11.3. The molecular formula is C7H8Cl2N2O2S. The van der Waals surface area contributed by atoms with Crippen molar-refractivity contribution < 1.29 is 8.42 Å². The van der Waals surface area contributed by atoms with Gasteiger partial charge in [-0.3, -0.25) is 5.84 Å². The van der Waals surface area contributed by atoms with E-state index in [1.807, 2.05) is 0 Å². The highest BCUT2D eigenvalue weighted by Crippen LogP contribution is 2.25. The van der Waals surface area contributed by atoms with Crippen molar-refractivity contribution in [3.63, 3.8) is 0 Å². The van der Waals surface area contributed by atoms with Crippen molar-refractivity contribution in [2.75, 3.05) is 10.6 Å². The Morgan fingerprint density at radius 1 is 1.43 bits per heavy atom. The van der Waals surface area contributed by atoms with Crippen molar-refractivity contribution in [2.24, 2.45) is 5.84 Å². The molecule has 1 aromatic rings. The molecule has 0 spiro atoms. The number of anilines is 1. The van der Waals surface area contributed by atoms with E-state index in [0.29, 0.717) is 10.7 Å². The Morgan fingerprint density at radius 3 is 2.57 bits per heavy atom. The SMILES string of the molecule is NNc1cc(S(=O)(=O)CCl)ccc1Cl. The molecule has 14 heavy (non-hydrogen) atoms. The predicted octanol–water partition coefficient (Wildman–Crippen LogP) is 1.60. The van der Waals surface area contributed by atoms with E-state index in [2.05, 4.69) is 5.43 Å². The second kappa shape index (κ2) is 4.35. The molecule has 0 bridgehead atoms. The molecule has 0 saturated carbocycles. The van der Waals surface area contributed by atoms with Crippen LogP contribution in [0, 0.1) is 0 Å². The number of sulfone groups is 1. The molecule has 1 rings (SSSR count). The van der Waals surface area contributed by atoms with Crippen LogP contribution >= 0.6 is 23.2 Å². The van der Waals surface area contributed by atoms with Crippen LogP contribution in [0.3, 0.4) is 0 Å². The molecule has 0 aliphatic heterocycles. The minimum absolute atomic E-state index is 0.0878. The summed E-state index contributed by atoms with van der Waals surface area (Å²) in [5.41, 5.74) is 2.64. The van der Waals surface area contributed by atoms with E-state index in [9.17, 15) is 8.42 Å². The highest BCUT2D eigenvalue weighted by molar-refractivity contribution is 7.92. The summed E-state index contributed by atoms with van der Waals surface area (Å²) < 4.78 is 22.7. The summed E-state index contributed by atoms with van der Waals surface area (Å²) >= 11 is 11.0. The topological polar surface area (TPSA) is 72.2 Å². The van der Waals surface area contributed by atoms with Crippen LogP contribution in [0.4, 0.5) is 5.69 Å². The van der Waals surface area contributed by atoms with Gasteiger partial charge in [0.05, 0.1) is 15.6 Å². The monoisotopic (exact) mass is 254 g/mol. The summed E-state index contributed by atoms with van der Waals surface area (Å²) in [6.45, 7) is 0. The van der Waals surface area contributed by atoms with E-state index in [1.54, 1.807) is 0 Å². The first-order chi connectivity index (χ1) is 6.51. The molecule has 0 atom stereocenters. The van der Waals surface area contributed by atoms with E-state index in [0.717, 1.165) is 0 Å². The van der Waals surface area contributed by atoms with Gasteiger partial charge in [-0.1, -0.05) is 11.6 Å². The standard InChI is InChI=1S/C7H8Cl2N2O2S/c8-4-14(12,13)5-1-2-6(9)7(3-5)11-10/h1-3,11H,4,10H2. The summed E-state index contributed by atoms with van der Waals surface area (Å²) in [7, 11) is -3.44. The molecule has 0 heterocycles. The van der Waals surface area contributed by atoms with Crippen LogP contribution in [0.5, 0.6) is 0 Å². The molecule has 0 amide bonds. The van der Waals surface area contributed by atoms with Gasteiger partial charge >= 0.3 is 0 Å². The first kappa shape index (κ1) is 11.6. The molecule has 0 unspecified atom stereocenters. The van der Waals surface area contributed by atoms with Crippen LogP contribution < -0.4 is 11.3 Å². The van der Waals surface area contributed by atoms with Crippen molar-refractivity contribution >= 4 is 38.7 Å². The van der Waals surface area contributed by atoms with Crippen molar-refractivity contribution in [1.82, 2.24) is 0 Å². The normalized spacial score (nSPS) is 11.4. The third-order valence-electron chi connectivity index (χ3n) is 1.60. The quantitative estimate of drug-likeness (QED) is 0.488. The molecule has 3 N–H and O–H groups in total. The lowest BCUT2D eigenvalue weighted by Crippen LogP contribution is -2.09. The van der Waals surface area contributed by atoms with Crippen LogP contribution in [0.25, 0.3) is 0 Å². The minimum atomic E-state index is -3.44. The largest absolute Gasteiger partial charge is 0.323 e. The summed E-state index contributed by atoms with van der Waals surface area (Å²) in [5, 5.41) is -0.125. The highest BCUT2D eigenvalue weighted by atomic mass is 35.5. The Bertz CT molecular complexity index is 433. The fourth-order valence-corrected chi connectivity index (χ4v) is 2.12. The maximum Gasteiger partial charge on any atom is 0.192 e. The van der Waals surface area contributed by atoms with Crippen molar-refractivity contribution in [2.45, 2.75) is 4.90 Å². The Balaban J connectivity index is 3.26. The maximum atomic E-state index is 11.3. The molecule has 0 fully saturated rings. The lowest BCUT2D eigenvalue weighted by molar-refractivity contribution is 0.600. The van der Waals surface area contributed by atoms with E-state index < -0.39 is 15.0 Å².